The summed E-state index contributed by atoms with van der Waals surface area (Å²) >= 11 is 12.0. The van der Waals surface area contributed by atoms with Crippen LogP contribution in [-0.4, -0.2) is 38.4 Å². The van der Waals surface area contributed by atoms with Crippen LogP contribution in [0.2, 0.25) is 0 Å². The molecule has 0 bridgehead atoms. The molecular formula is C85H105BrF3N3O8S5. The van der Waals surface area contributed by atoms with E-state index in [9.17, 15) is 33.2 Å². The largest absolute Gasteiger partial charge is 0.508 e. The Balaban J connectivity index is 0.000000579. The van der Waals surface area contributed by atoms with Crippen LogP contribution in [0.5, 0.6) is 28.7 Å². The van der Waals surface area contributed by atoms with E-state index in [2.05, 4.69) is 142 Å². The van der Waals surface area contributed by atoms with Gasteiger partial charge < -0.3 is 30.5 Å². The highest BCUT2D eigenvalue weighted by Gasteiger charge is 2.30. The molecular weight excluding hydrogens is 1490 g/mol. The van der Waals surface area contributed by atoms with Crippen LogP contribution in [0.1, 0.15) is 162 Å². The number of aromatic hydroxyl groups is 4. The minimum Gasteiger partial charge on any atom is -0.508 e. The number of nitro groups is 1. The van der Waals surface area contributed by atoms with Crippen molar-refractivity contribution in [3.8, 4) is 34.8 Å². The SMILES string of the molecule is CCc1cc(Br)cs1.CCc1ccc(C#N)cc1.CCc1ccc(C)s1.CCc1ccc(NC(C)=O)cc1.CCc1ccc(O)c(O)c1.CCc1ccc(OC)c(O)c1.CCc1ccc([N+](=O)[O-])s1.CCc1cccc(C(F)(F)F)c1.CCc1cccc(O)c1.CCc1cccs1.CCc1sccc1C. The second kappa shape index (κ2) is 55.0. The maximum Gasteiger partial charge on any atom is 0.416 e. The molecule has 11 aromatic rings. The fourth-order valence-corrected chi connectivity index (χ4v) is 13.0. The van der Waals surface area contributed by atoms with Gasteiger partial charge in [0.2, 0.25) is 5.91 Å². The standard InChI is InChI=1S/C10H13NO.C9H9F3.C9H9N.C9H12O2.C8H10O2.C8H10O.2C7H10S.C6H7BrS.C6H7NO2S.C6H8S/c1-3-9-4-6-10(7-5-9)11-8(2)12;1-2-7-4-3-5-8(6-7)9(10,11)12;1-2-8-3-5-9(7-10)6-4-8;1-3-7-4-5-9(11-2)8(10)6-7;1-2-6-3-4-7(9)8(10)5-6;1-2-7-4-3-5-8(9)6-7;1-3-7-6(2)4-5-8-7;1-3-7-5-4-6(2)8-7;1-2-6-3-5(7)4-8-6;1-2-5-3-4-6(10-5)7(8)9;1-2-6-4-3-5-7-6/h4-7H,3H2,1-2H3,(H,11,12);3-6H,2H2,1H3;3-6H,2H2,1H3;4-6,10H,3H2,1-2H3;3-5,9-10H,2H2,1H3;3-6,9H,2H2,1H3;2*4-5H,3H2,1-2H3;3-4H,2H2,1H3;3-4H,2H2,1H3;3-5H,2H2,1H3. The Morgan fingerprint density at radius 3 is 1.39 bits per heavy atom. The third kappa shape index (κ3) is 41.7. The van der Waals surface area contributed by atoms with Gasteiger partial charge in [0.15, 0.2) is 23.0 Å². The summed E-state index contributed by atoms with van der Waals surface area (Å²) in [6.07, 6.45) is 6.81. The first-order valence-corrected chi connectivity index (χ1v) is 39.9. The Hall–Kier alpha value is -8.55. The minimum absolute atomic E-state index is 0.0285. The van der Waals surface area contributed by atoms with E-state index in [1.165, 1.54) is 107 Å². The van der Waals surface area contributed by atoms with Gasteiger partial charge in [-0.05, 0) is 253 Å². The number of thiophene rings is 5. The topological polar surface area (TPSA) is 186 Å². The molecule has 0 aliphatic heterocycles. The summed E-state index contributed by atoms with van der Waals surface area (Å²) in [4.78, 5) is 28.8. The van der Waals surface area contributed by atoms with E-state index >= 15 is 0 Å². The Bertz CT molecular complexity index is 4120. The lowest BCUT2D eigenvalue weighted by molar-refractivity contribution is -0.380. The predicted octanol–water partition coefficient (Wildman–Crippen LogP) is 26.0. The first-order valence-electron chi connectivity index (χ1n) is 34.9. The lowest BCUT2D eigenvalue weighted by Gasteiger charge is -2.06. The number of anilines is 1. The molecule has 0 saturated heterocycles. The molecule has 566 valence electrons. The number of phenols is 4. The molecule has 5 N–H and O–H groups in total. The van der Waals surface area contributed by atoms with Gasteiger partial charge in [-0.2, -0.15) is 18.4 Å². The van der Waals surface area contributed by atoms with Crippen LogP contribution in [0, 0.1) is 35.3 Å². The van der Waals surface area contributed by atoms with Gasteiger partial charge in [-0.3, -0.25) is 14.9 Å². The number of rotatable bonds is 14. The van der Waals surface area contributed by atoms with Crippen LogP contribution < -0.4 is 10.1 Å². The van der Waals surface area contributed by atoms with Gasteiger partial charge in [0, 0.05) is 57.8 Å². The molecule has 5 heterocycles. The van der Waals surface area contributed by atoms with Crippen LogP contribution in [0.25, 0.3) is 0 Å². The van der Waals surface area contributed by atoms with Crippen molar-refractivity contribution in [1.29, 1.82) is 5.26 Å². The van der Waals surface area contributed by atoms with E-state index in [0.29, 0.717) is 23.5 Å². The molecule has 105 heavy (non-hydrogen) atoms. The van der Waals surface area contributed by atoms with Gasteiger partial charge in [0.1, 0.15) is 5.75 Å². The van der Waals surface area contributed by atoms with Crippen molar-refractivity contribution < 1.29 is 48.1 Å². The number of amides is 1. The number of halogens is 4. The average molecular weight is 1590 g/mol. The van der Waals surface area contributed by atoms with Gasteiger partial charge in [-0.15, -0.1) is 45.3 Å². The van der Waals surface area contributed by atoms with E-state index in [-0.39, 0.29) is 33.1 Å². The number of phenolic OH excluding ortho intramolecular Hbond substituents is 4. The first-order chi connectivity index (χ1) is 50.1. The molecule has 0 spiro atoms. The number of aryl methyl sites for hydroxylation is 13. The van der Waals surface area contributed by atoms with Gasteiger partial charge in [-0.1, -0.05) is 160 Å². The lowest BCUT2D eigenvalue weighted by atomic mass is 10.1. The molecule has 6 aromatic carbocycles. The number of alkyl halides is 3. The van der Waals surface area contributed by atoms with E-state index < -0.39 is 11.7 Å². The Kier molecular flexibility index (Phi) is 49.5. The lowest BCUT2D eigenvalue weighted by Crippen LogP contribution is -2.05. The van der Waals surface area contributed by atoms with E-state index in [1.807, 2.05) is 128 Å². The molecule has 0 aliphatic rings. The van der Waals surface area contributed by atoms with E-state index in [4.69, 9.17) is 25.3 Å². The van der Waals surface area contributed by atoms with E-state index in [0.717, 1.165) is 78.3 Å². The van der Waals surface area contributed by atoms with Crippen LogP contribution in [-0.2, 0) is 81.6 Å². The molecule has 11 rings (SSSR count). The highest BCUT2D eigenvalue weighted by molar-refractivity contribution is 9.10. The second-order valence-corrected chi connectivity index (χ2v) is 29.1. The van der Waals surface area contributed by atoms with Gasteiger partial charge >= 0.3 is 11.2 Å². The van der Waals surface area contributed by atoms with Gasteiger partial charge in [-0.25, -0.2) is 0 Å². The first kappa shape index (κ1) is 94.5. The molecule has 0 atom stereocenters. The van der Waals surface area contributed by atoms with Crippen molar-refractivity contribution in [3.63, 3.8) is 0 Å². The number of nitriles is 1. The average Bonchev–Trinajstić information content (AvgIpc) is 1.15. The molecule has 0 saturated carbocycles. The Morgan fingerprint density at radius 1 is 0.524 bits per heavy atom. The molecule has 0 radical (unpaired) electrons. The van der Waals surface area contributed by atoms with Crippen molar-refractivity contribution in [2.75, 3.05) is 12.4 Å². The summed E-state index contributed by atoms with van der Waals surface area (Å²) in [5.41, 5.74) is 9.05. The zero-order valence-electron chi connectivity index (χ0n) is 63.2. The minimum atomic E-state index is -4.22. The predicted molar refractivity (Wildman–Crippen MR) is 444 cm³/mol. The molecule has 11 nitrogen and oxygen atoms in total. The number of ether oxygens (including phenoxy) is 1. The summed E-state index contributed by atoms with van der Waals surface area (Å²) in [7, 11) is 1.54. The summed E-state index contributed by atoms with van der Waals surface area (Å²) < 4.78 is 42.4. The fourth-order valence-electron chi connectivity index (χ4n) is 8.48. The van der Waals surface area contributed by atoms with Crippen molar-refractivity contribution in [2.24, 2.45) is 0 Å². The normalized spacial score (nSPS) is 9.77. The van der Waals surface area contributed by atoms with Crippen LogP contribution in [0.3, 0.4) is 0 Å². The van der Waals surface area contributed by atoms with Crippen molar-refractivity contribution in [3.05, 3.63) is 292 Å². The second-order valence-electron chi connectivity index (χ2n) is 22.6. The molecule has 5 aromatic heterocycles. The number of nitrogens with one attached hydrogen (secondary N) is 1. The zero-order chi connectivity index (χ0) is 78.7. The van der Waals surface area contributed by atoms with Gasteiger partial charge in [0.05, 0.1) is 29.2 Å². The molecule has 1 amide bonds. The Morgan fingerprint density at radius 2 is 1.04 bits per heavy atom. The van der Waals surface area contributed by atoms with Crippen molar-refractivity contribution in [1.82, 2.24) is 0 Å². The Labute approximate surface area is 650 Å². The van der Waals surface area contributed by atoms with E-state index in [1.54, 1.807) is 73.0 Å². The van der Waals surface area contributed by atoms with Crippen LogP contribution in [0.15, 0.2) is 203 Å². The van der Waals surface area contributed by atoms with Gasteiger partial charge in [0.25, 0.3) is 0 Å². The van der Waals surface area contributed by atoms with Crippen molar-refractivity contribution >= 4 is 89.2 Å². The number of nitrogens with zero attached hydrogens (tertiary/aromatic N) is 2. The third-order valence-electron chi connectivity index (χ3n) is 14.8. The summed E-state index contributed by atoms with van der Waals surface area (Å²) in [6.45, 7) is 28.6. The molecule has 20 heteroatoms. The highest BCUT2D eigenvalue weighted by Crippen LogP contribution is 2.31. The maximum absolute atomic E-state index is 12.1. The summed E-state index contributed by atoms with van der Waals surface area (Å²) in [5, 5.41) is 64.0. The third-order valence-corrected chi connectivity index (χ3v) is 21.1. The zero-order valence-corrected chi connectivity index (χ0v) is 68.9. The smallest absolute Gasteiger partial charge is 0.416 e. The van der Waals surface area contributed by atoms with Crippen molar-refractivity contribution in [2.45, 2.75) is 174 Å². The van der Waals surface area contributed by atoms with Crippen LogP contribution in [0.4, 0.5) is 23.9 Å². The number of carbonyl (C=O) groups excluding carboxylic acids is 1. The molecule has 0 unspecified atom stereocenters. The number of hydrogen-bond donors (Lipinski definition) is 5. The highest BCUT2D eigenvalue weighted by atomic mass is 79.9. The monoisotopic (exact) mass is 1590 g/mol. The maximum atomic E-state index is 12.1. The number of carbonyl (C=O) groups is 1. The van der Waals surface area contributed by atoms with Crippen LogP contribution >= 0.6 is 72.6 Å². The molecule has 0 aliphatic carbocycles. The number of hydrogen-bond acceptors (Lipinski definition) is 14. The number of benzene rings is 6. The quantitative estimate of drug-likeness (QED) is 0.0401. The summed E-state index contributed by atoms with van der Waals surface area (Å²) in [6, 6.07) is 56.9. The molecule has 0 fully saturated rings. The number of methoxy groups -OCH3 is 1. The fraction of sp³-hybridized carbons (Fsp3) is 0.318. The summed E-state index contributed by atoms with van der Waals surface area (Å²) in [5.74, 6) is 0.971.